The topological polar surface area (TPSA) is 108 Å². The Balaban J connectivity index is 2.15. The Labute approximate surface area is 154 Å². The second kappa shape index (κ2) is 7.68. The molecule has 0 aromatic heterocycles. The summed E-state index contributed by atoms with van der Waals surface area (Å²) in [6, 6.07) is 0.752. The highest BCUT2D eigenvalue weighted by molar-refractivity contribution is 6.09. The molecule has 0 spiro atoms. The van der Waals surface area contributed by atoms with Crippen molar-refractivity contribution in [1.82, 2.24) is 20.9 Å². The number of halogens is 2. The maximum absolute atomic E-state index is 14.1. The van der Waals surface area contributed by atoms with Crippen molar-refractivity contribution in [3.05, 3.63) is 35.4 Å². The standard InChI is InChI=1S/C17H20F2N4O4/c1-4-20-14(25)9(2)21-13(24)8-23-15(26)17(3,22-16(23)27)11-7-10(18)5-6-12(11)19/h5-7,9H,4,8H2,1-3H3,(H,20,25)(H,21,24)(H,22,27)/t9-,17+/m1/s1. The first-order valence-electron chi connectivity index (χ1n) is 8.26. The number of hydrogen-bond acceptors (Lipinski definition) is 4. The summed E-state index contributed by atoms with van der Waals surface area (Å²) in [6.07, 6.45) is 0. The maximum Gasteiger partial charge on any atom is 0.325 e. The van der Waals surface area contributed by atoms with Gasteiger partial charge in [0.25, 0.3) is 5.91 Å². The molecule has 10 heteroatoms. The molecule has 1 fully saturated rings. The SMILES string of the molecule is CCNC(=O)[C@@H](C)NC(=O)CN1C(=O)N[C@@](C)(c2cc(F)ccc2F)C1=O. The average Bonchev–Trinajstić information content (AvgIpc) is 2.81. The number of benzene rings is 1. The minimum atomic E-state index is -1.85. The zero-order chi connectivity index (χ0) is 20.4. The van der Waals surface area contributed by atoms with Gasteiger partial charge in [-0.05, 0) is 39.0 Å². The van der Waals surface area contributed by atoms with E-state index in [1.807, 2.05) is 0 Å². The van der Waals surface area contributed by atoms with Crippen molar-refractivity contribution in [2.75, 3.05) is 13.1 Å². The number of rotatable bonds is 6. The van der Waals surface area contributed by atoms with E-state index in [1.165, 1.54) is 13.8 Å². The number of carbonyl (C=O) groups excluding carboxylic acids is 4. The van der Waals surface area contributed by atoms with E-state index in [4.69, 9.17) is 0 Å². The lowest BCUT2D eigenvalue weighted by Crippen LogP contribution is -2.49. The van der Waals surface area contributed by atoms with E-state index >= 15 is 0 Å². The molecule has 2 rings (SSSR count). The van der Waals surface area contributed by atoms with E-state index in [1.54, 1.807) is 6.92 Å². The summed E-state index contributed by atoms with van der Waals surface area (Å²) in [6.45, 7) is 4.10. The van der Waals surface area contributed by atoms with E-state index in [9.17, 15) is 28.0 Å². The number of nitrogens with zero attached hydrogens (tertiary/aromatic N) is 1. The number of carbonyl (C=O) groups is 4. The van der Waals surface area contributed by atoms with Crippen LogP contribution in [0.15, 0.2) is 18.2 Å². The lowest BCUT2D eigenvalue weighted by Gasteiger charge is -2.23. The molecule has 146 valence electrons. The molecule has 0 bridgehead atoms. The smallest absolute Gasteiger partial charge is 0.325 e. The summed E-state index contributed by atoms with van der Waals surface area (Å²) < 4.78 is 27.6. The Kier molecular flexibility index (Phi) is 5.77. The van der Waals surface area contributed by atoms with Crippen LogP contribution >= 0.6 is 0 Å². The van der Waals surface area contributed by atoms with E-state index in [0.717, 1.165) is 18.2 Å². The molecule has 2 atom stereocenters. The van der Waals surface area contributed by atoms with Gasteiger partial charge in [-0.2, -0.15) is 0 Å². The van der Waals surface area contributed by atoms with Gasteiger partial charge >= 0.3 is 6.03 Å². The van der Waals surface area contributed by atoms with Gasteiger partial charge < -0.3 is 16.0 Å². The number of imide groups is 1. The van der Waals surface area contributed by atoms with Crippen LogP contribution in [-0.4, -0.2) is 47.8 Å². The second-order valence-corrected chi connectivity index (χ2v) is 6.25. The minimum absolute atomic E-state index is 0.348. The molecule has 0 unspecified atom stereocenters. The molecule has 1 aliphatic heterocycles. The van der Waals surface area contributed by atoms with Gasteiger partial charge in [0.1, 0.15) is 29.8 Å². The summed E-state index contributed by atoms with van der Waals surface area (Å²) in [4.78, 5) is 49.1. The second-order valence-electron chi connectivity index (χ2n) is 6.25. The zero-order valence-corrected chi connectivity index (χ0v) is 15.1. The quantitative estimate of drug-likeness (QED) is 0.618. The molecular weight excluding hydrogens is 362 g/mol. The molecule has 1 heterocycles. The largest absolute Gasteiger partial charge is 0.355 e. The summed E-state index contributed by atoms with van der Waals surface area (Å²) in [5, 5.41) is 7.17. The molecule has 3 N–H and O–H groups in total. The van der Waals surface area contributed by atoms with E-state index in [2.05, 4.69) is 16.0 Å². The molecular formula is C17H20F2N4O4. The molecule has 27 heavy (non-hydrogen) atoms. The van der Waals surface area contributed by atoms with Crippen molar-refractivity contribution >= 4 is 23.8 Å². The molecule has 1 saturated heterocycles. The van der Waals surface area contributed by atoms with Gasteiger partial charge in [-0.1, -0.05) is 0 Å². The summed E-state index contributed by atoms with van der Waals surface area (Å²) in [5.74, 6) is -3.72. The lowest BCUT2D eigenvalue weighted by molar-refractivity contribution is -0.135. The van der Waals surface area contributed by atoms with E-state index in [-0.39, 0.29) is 5.56 Å². The van der Waals surface area contributed by atoms with Gasteiger partial charge in [-0.25, -0.2) is 13.6 Å². The highest BCUT2D eigenvalue weighted by Gasteiger charge is 2.50. The third-order valence-corrected chi connectivity index (χ3v) is 4.17. The first-order chi connectivity index (χ1) is 12.6. The van der Waals surface area contributed by atoms with Gasteiger partial charge in [0.05, 0.1) is 0 Å². The highest BCUT2D eigenvalue weighted by atomic mass is 19.1. The Morgan fingerprint density at radius 2 is 1.96 bits per heavy atom. The van der Waals surface area contributed by atoms with Crippen molar-refractivity contribution in [2.24, 2.45) is 0 Å². The van der Waals surface area contributed by atoms with Crippen LogP contribution in [-0.2, 0) is 19.9 Å². The molecule has 1 aliphatic rings. The fourth-order valence-corrected chi connectivity index (χ4v) is 2.73. The van der Waals surface area contributed by atoms with Crippen molar-refractivity contribution in [3.8, 4) is 0 Å². The van der Waals surface area contributed by atoms with Crippen LogP contribution in [0.4, 0.5) is 13.6 Å². The van der Waals surface area contributed by atoms with E-state index < -0.39 is 53.5 Å². The number of hydrogen-bond donors (Lipinski definition) is 3. The Bertz CT molecular complexity index is 801. The lowest BCUT2D eigenvalue weighted by atomic mass is 9.91. The highest BCUT2D eigenvalue weighted by Crippen LogP contribution is 2.31. The zero-order valence-electron chi connectivity index (χ0n) is 15.1. The predicted octanol–water partition coefficient (Wildman–Crippen LogP) is 0.373. The van der Waals surface area contributed by atoms with Crippen LogP contribution in [0.25, 0.3) is 0 Å². The Hall–Kier alpha value is -3.04. The number of urea groups is 1. The first kappa shape index (κ1) is 20.3. The summed E-state index contributed by atoms with van der Waals surface area (Å²) in [7, 11) is 0. The van der Waals surface area contributed by atoms with Gasteiger partial charge in [0, 0.05) is 12.1 Å². The Morgan fingerprint density at radius 1 is 1.30 bits per heavy atom. The van der Waals surface area contributed by atoms with Crippen LogP contribution in [0.2, 0.25) is 0 Å². The van der Waals surface area contributed by atoms with Crippen LogP contribution in [0, 0.1) is 11.6 Å². The predicted molar refractivity (Wildman–Crippen MR) is 90.2 cm³/mol. The van der Waals surface area contributed by atoms with Gasteiger partial charge in [0.15, 0.2) is 0 Å². The molecule has 5 amide bonds. The van der Waals surface area contributed by atoms with Crippen molar-refractivity contribution in [1.29, 1.82) is 0 Å². The third kappa shape index (κ3) is 4.04. The molecule has 1 aromatic rings. The number of amides is 5. The first-order valence-corrected chi connectivity index (χ1v) is 8.26. The molecule has 0 saturated carbocycles. The molecule has 0 aliphatic carbocycles. The Morgan fingerprint density at radius 3 is 2.59 bits per heavy atom. The van der Waals surface area contributed by atoms with Crippen LogP contribution in [0.5, 0.6) is 0 Å². The van der Waals surface area contributed by atoms with Crippen molar-refractivity contribution in [3.63, 3.8) is 0 Å². The van der Waals surface area contributed by atoms with Crippen LogP contribution < -0.4 is 16.0 Å². The minimum Gasteiger partial charge on any atom is -0.355 e. The number of nitrogens with one attached hydrogen (secondary N) is 3. The molecule has 8 nitrogen and oxygen atoms in total. The van der Waals surface area contributed by atoms with Gasteiger partial charge in [-0.3, -0.25) is 19.3 Å². The van der Waals surface area contributed by atoms with Crippen LogP contribution in [0.3, 0.4) is 0 Å². The summed E-state index contributed by atoms with van der Waals surface area (Å²) >= 11 is 0. The van der Waals surface area contributed by atoms with Crippen molar-refractivity contribution < 1.29 is 28.0 Å². The van der Waals surface area contributed by atoms with Gasteiger partial charge in [0.2, 0.25) is 11.8 Å². The maximum atomic E-state index is 14.1. The van der Waals surface area contributed by atoms with Crippen molar-refractivity contribution in [2.45, 2.75) is 32.4 Å². The fourth-order valence-electron chi connectivity index (χ4n) is 2.73. The van der Waals surface area contributed by atoms with E-state index in [0.29, 0.717) is 11.4 Å². The summed E-state index contributed by atoms with van der Waals surface area (Å²) in [5.41, 5.74) is -2.20. The monoisotopic (exact) mass is 382 g/mol. The molecule has 0 radical (unpaired) electrons. The average molecular weight is 382 g/mol. The number of likely N-dealkylation sites (N-methyl/N-ethyl adjacent to an activating group) is 1. The normalized spacial score (nSPS) is 20.3. The van der Waals surface area contributed by atoms with Crippen LogP contribution in [0.1, 0.15) is 26.3 Å². The van der Waals surface area contributed by atoms with Gasteiger partial charge in [-0.15, -0.1) is 0 Å². The third-order valence-electron chi connectivity index (χ3n) is 4.17. The fraction of sp³-hybridized carbons (Fsp3) is 0.412. The molecule has 1 aromatic carbocycles.